The molecule has 200 valence electrons. The molecule has 0 aromatic carbocycles. The smallest absolute Gasteiger partial charge is 0.379 e. The normalized spacial score (nSPS) is 34.7. The fraction of sp³-hybridized carbons (Fsp3) is 0.808. The van der Waals surface area contributed by atoms with Gasteiger partial charge in [0.2, 0.25) is 5.91 Å². The van der Waals surface area contributed by atoms with E-state index in [1.165, 1.54) is 6.20 Å². The zero-order valence-corrected chi connectivity index (χ0v) is 21.3. The molecular formula is C26H37F3N4O3. The molecule has 10 heteroatoms. The highest BCUT2D eigenvalue weighted by Crippen LogP contribution is 2.52. The number of carbonyl (C=O) groups is 1. The van der Waals surface area contributed by atoms with Crippen LogP contribution >= 0.6 is 0 Å². The van der Waals surface area contributed by atoms with Crippen molar-refractivity contribution in [2.45, 2.75) is 76.7 Å². The van der Waals surface area contributed by atoms with Crippen molar-refractivity contribution in [3.05, 3.63) is 18.1 Å². The molecule has 1 aromatic heterocycles. The third-order valence-corrected chi connectivity index (χ3v) is 9.27. The maximum Gasteiger partial charge on any atom is 0.434 e. The van der Waals surface area contributed by atoms with Crippen molar-refractivity contribution in [1.29, 1.82) is 0 Å². The number of methoxy groups -OCH3 is 1. The summed E-state index contributed by atoms with van der Waals surface area (Å²) in [6.07, 6.45) is 3.42. The van der Waals surface area contributed by atoms with E-state index in [2.05, 4.69) is 23.8 Å². The topological polar surface area (TPSA) is 67.8 Å². The van der Waals surface area contributed by atoms with Gasteiger partial charge >= 0.3 is 6.18 Å². The fourth-order valence-corrected chi connectivity index (χ4v) is 7.18. The second-order valence-electron chi connectivity index (χ2n) is 11.5. The number of rotatable bonds is 6. The lowest BCUT2D eigenvalue weighted by Crippen LogP contribution is -2.54. The molecule has 3 aliphatic heterocycles. The molecule has 0 unspecified atom stereocenters. The first-order valence-corrected chi connectivity index (χ1v) is 13.2. The van der Waals surface area contributed by atoms with Crippen molar-refractivity contribution >= 4 is 11.7 Å². The number of hydrogen-bond donors (Lipinski definition) is 0. The number of alkyl halides is 3. The summed E-state index contributed by atoms with van der Waals surface area (Å²) in [7, 11) is 1.75. The minimum Gasteiger partial charge on any atom is -0.379 e. The molecule has 1 aliphatic carbocycles. The molecule has 1 amide bonds. The summed E-state index contributed by atoms with van der Waals surface area (Å²) < 4.78 is 50.7. The number of halogens is 3. The maximum atomic E-state index is 14.1. The van der Waals surface area contributed by atoms with Gasteiger partial charge in [-0.3, -0.25) is 9.78 Å². The summed E-state index contributed by atoms with van der Waals surface area (Å²) in [5.74, 6) is 1.67. The predicted molar refractivity (Wildman–Crippen MR) is 127 cm³/mol. The van der Waals surface area contributed by atoms with Crippen LogP contribution in [-0.2, 0) is 20.4 Å². The molecule has 5 rings (SSSR count). The molecule has 36 heavy (non-hydrogen) atoms. The first-order chi connectivity index (χ1) is 17.1. The number of piperazine rings is 1. The number of ether oxygens (including phenoxy) is 2. The third-order valence-electron chi connectivity index (χ3n) is 9.27. The standard InChI is InChI=1S/C26H37F3N4O3/c1-16(2)25(6-4-17(10-25)8-18-5-7-36-15-21(18)35-3)24(34)33-14-19-9-20(33)13-32(19)23-12-30-11-22(31-23)26(27,28)29/h11-12,16-21H,4-10,13-15H2,1-3H3/t17-,18+,19+,20+,21+,25-/m0/s1. The molecule has 2 bridgehead atoms. The van der Waals surface area contributed by atoms with Crippen molar-refractivity contribution in [3.63, 3.8) is 0 Å². The van der Waals surface area contributed by atoms with Gasteiger partial charge in [-0.25, -0.2) is 4.98 Å². The van der Waals surface area contributed by atoms with E-state index >= 15 is 0 Å². The Kier molecular flexibility index (Phi) is 6.95. The lowest BCUT2D eigenvalue weighted by molar-refractivity contribution is -0.146. The highest BCUT2D eigenvalue weighted by molar-refractivity contribution is 5.84. The molecule has 4 heterocycles. The lowest BCUT2D eigenvalue weighted by atomic mass is 9.73. The Morgan fingerprint density at radius 3 is 2.72 bits per heavy atom. The second kappa shape index (κ2) is 9.74. The molecular weight excluding hydrogens is 473 g/mol. The largest absolute Gasteiger partial charge is 0.434 e. The zero-order chi connectivity index (χ0) is 25.7. The van der Waals surface area contributed by atoms with Crippen molar-refractivity contribution in [3.8, 4) is 0 Å². The van der Waals surface area contributed by atoms with Gasteiger partial charge in [0, 0.05) is 26.8 Å². The highest BCUT2D eigenvalue weighted by atomic mass is 19.4. The molecule has 4 aliphatic rings. The van der Waals surface area contributed by atoms with Crippen LogP contribution in [0, 0.1) is 23.2 Å². The fourth-order valence-electron chi connectivity index (χ4n) is 7.18. The van der Waals surface area contributed by atoms with Crippen LogP contribution in [0.15, 0.2) is 12.4 Å². The summed E-state index contributed by atoms with van der Waals surface area (Å²) in [6, 6.07) is -0.0234. The average molecular weight is 511 g/mol. The summed E-state index contributed by atoms with van der Waals surface area (Å²) in [4.78, 5) is 25.6. The quantitative estimate of drug-likeness (QED) is 0.572. The van der Waals surface area contributed by atoms with E-state index < -0.39 is 11.9 Å². The van der Waals surface area contributed by atoms with E-state index in [1.54, 1.807) is 7.11 Å². The minimum atomic E-state index is -4.53. The Morgan fingerprint density at radius 2 is 2.06 bits per heavy atom. The van der Waals surface area contributed by atoms with Crippen LogP contribution in [-0.4, -0.2) is 72.4 Å². The minimum absolute atomic E-state index is 0.00174. The van der Waals surface area contributed by atoms with Crippen LogP contribution in [0.2, 0.25) is 0 Å². The monoisotopic (exact) mass is 510 g/mol. The van der Waals surface area contributed by atoms with Crippen LogP contribution in [0.5, 0.6) is 0 Å². The van der Waals surface area contributed by atoms with Crippen LogP contribution in [0.1, 0.15) is 58.1 Å². The molecule has 6 atom stereocenters. The number of carbonyl (C=O) groups excluding carboxylic acids is 1. The van der Waals surface area contributed by atoms with Gasteiger partial charge in [0.05, 0.1) is 42.6 Å². The molecule has 0 spiro atoms. The summed E-state index contributed by atoms with van der Waals surface area (Å²) in [5, 5.41) is 0. The maximum absolute atomic E-state index is 14.1. The van der Waals surface area contributed by atoms with Gasteiger partial charge in [0.1, 0.15) is 5.82 Å². The van der Waals surface area contributed by atoms with Crippen LogP contribution < -0.4 is 4.90 Å². The molecule has 4 fully saturated rings. The van der Waals surface area contributed by atoms with Crippen molar-refractivity contribution in [2.24, 2.45) is 23.2 Å². The van der Waals surface area contributed by atoms with E-state index in [9.17, 15) is 18.0 Å². The molecule has 1 saturated carbocycles. The lowest BCUT2D eigenvalue weighted by Gasteiger charge is -2.42. The Morgan fingerprint density at radius 1 is 1.25 bits per heavy atom. The van der Waals surface area contributed by atoms with E-state index in [-0.39, 0.29) is 41.2 Å². The number of likely N-dealkylation sites (tertiary alicyclic amines) is 1. The van der Waals surface area contributed by atoms with Crippen LogP contribution in [0.25, 0.3) is 0 Å². The summed E-state index contributed by atoms with van der Waals surface area (Å²) in [5.41, 5.74) is -1.35. The first kappa shape index (κ1) is 25.7. The SMILES string of the molecule is CO[C@@H]1COCC[C@@H]1C[C@@H]1CC[C@@](C(=O)N2C[C@H]3C[C@@H]2CN3c2cncc(C(F)(F)F)n2)(C(C)C)C1. The summed E-state index contributed by atoms with van der Waals surface area (Å²) >= 11 is 0. The van der Waals surface area contributed by atoms with Gasteiger partial charge in [-0.2, -0.15) is 13.2 Å². The Bertz CT molecular complexity index is 961. The predicted octanol–water partition coefficient (Wildman–Crippen LogP) is 4.17. The highest BCUT2D eigenvalue weighted by Gasteiger charge is 2.54. The number of nitrogens with zero attached hydrogens (tertiary/aromatic N) is 4. The van der Waals surface area contributed by atoms with Crippen molar-refractivity contribution in [2.75, 3.05) is 38.3 Å². The Labute approximate surface area is 210 Å². The number of anilines is 1. The molecule has 7 nitrogen and oxygen atoms in total. The summed E-state index contributed by atoms with van der Waals surface area (Å²) in [6.45, 7) is 6.77. The number of fused-ring (bicyclic) bond motifs is 2. The van der Waals surface area contributed by atoms with Crippen LogP contribution in [0.4, 0.5) is 19.0 Å². The van der Waals surface area contributed by atoms with E-state index in [0.29, 0.717) is 31.5 Å². The third kappa shape index (κ3) is 4.59. The van der Waals surface area contributed by atoms with Gasteiger partial charge < -0.3 is 19.3 Å². The van der Waals surface area contributed by atoms with Crippen molar-refractivity contribution < 1.29 is 27.4 Å². The van der Waals surface area contributed by atoms with Gasteiger partial charge in [-0.05, 0) is 56.3 Å². The van der Waals surface area contributed by atoms with Gasteiger partial charge in [-0.15, -0.1) is 0 Å². The number of amides is 1. The van der Waals surface area contributed by atoms with Crippen LogP contribution in [0.3, 0.4) is 0 Å². The second-order valence-corrected chi connectivity index (χ2v) is 11.5. The Balaban J connectivity index is 1.26. The van der Waals surface area contributed by atoms with Crippen molar-refractivity contribution in [1.82, 2.24) is 14.9 Å². The number of hydrogen-bond acceptors (Lipinski definition) is 6. The van der Waals surface area contributed by atoms with Gasteiger partial charge in [-0.1, -0.05) is 13.8 Å². The molecule has 1 aromatic rings. The average Bonchev–Trinajstić information content (AvgIpc) is 3.58. The van der Waals surface area contributed by atoms with E-state index in [4.69, 9.17) is 9.47 Å². The van der Waals surface area contributed by atoms with Gasteiger partial charge in [0.15, 0.2) is 5.69 Å². The molecule has 0 N–H and O–H groups in total. The van der Waals surface area contributed by atoms with E-state index in [0.717, 1.165) is 51.3 Å². The number of aromatic nitrogens is 2. The van der Waals surface area contributed by atoms with E-state index in [1.807, 2.05) is 9.80 Å². The van der Waals surface area contributed by atoms with Gasteiger partial charge in [0.25, 0.3) is 0 Å². The Hall–Kier alpha value is -1.94. The zero-order valence-electron chi connectivity index (χ0n) is 21.3. The molecule has 3 saturated heterocycles. The molecule has 0 radical (unpaired) electrons. The first-order valence-electron chi connectivity index (χ1n) is 13.2.